The Morgan fingerprint density at radius 3 is 1.53 bits per heavy atom. The number of carbonyl (C=O) groups is 10. The average Bonchev–Trinajstić information content (AvgIpc) is 3.26. The van der Waals surface area contributed by atoms with E-state index in [4.69, 9.17) is 28.7 Å². The maximum absolute atomic E-state index is 13.7. The first-order valence-electron chi connectivity index (χ1n) is 21.3. The quantitative estimate of drug-likeness (QED) is 0.0181. The molecule has 0 aliphatic carbocycles. The predicted octanol–water partition coefficient (Wildman–Crippen LogP) is -7.68. The van der Waals surface area contributed by atoms with Gasteiger partial charge in [0.1, 0.15) is 42.3 Å². The second-order valence-corrected chi connectivity index (χ2v) is 15.6. The zero-order valence-electron chi connectivity index (χ0n) is 37.6. The summed E-state index contributed by atoms with van der Waals surface area (Å²) in [4.78, 5) is 133. The zero-order valence-corrected chi connectivity index (χ0v) is 37.6. The number of nitrogens with zero attached hydrogens (tertiary/aromatic N) is 1. The first kappa shape index (κ1) is 59.0. The van der Waals surface area contributed by atoms with Crippen LogP contribution in [0.3, 0.4) is 0 Å². The molecule has 10 atom stereocenters. The molecule has 0 aromatic heterocycles. The van der Waals surface area contributed by atoms with Crippen molar-refractivity contribution in [2.45, 2.75) is 126 Å². The number of aliphatic imine (C=N–C) groups is 1. The highest BCUT2D eigenvalue weighted by molar-refractivity contribution is 5.99. The third-order valence-corrected chi connectivity index (χ3v) is 9.77. The van der Waals surface area contributed by atoms with Crippen molar-refractivity contribution in [3.8, 4) is 0 Å². The largest absolute Gasteiger partial charge is 0.481 e. The number of benzene rings is 1. The van der Waals surface area contributed by atoms with Crippen LogP contribution in [-0.2, 0) is 54.4 Å². The van der Waals surface area contributed by atoms with Crippen molar-refractivity contribution in [1.82, 2.24) is 37.2 Å². The Labute approximate surface area is 390 Å². The Bertz CT molecular complexity index is 1920. The molecule has 1 rings (SSSR count). The molecule has 0 aliphatic rings. The number of aliphatic carboxylic acids is 2. The van der Waals surface area contributed by atoms with Gasteiger partial charge in [-0.25, -0.2) is 4.79 Å². The second-order valence-electron chi connectivity index (χ2n) is 15.6. The summed E-state index contributed by atoms with van der Waals surface area (Å²) < 4.78 is 0. The zero-order chi connectivity index (χ0) is 51.7. The minimum Gasteiger partial charge on any atom is -0.481 e. The van der Waals surface area contributed by atoms with Crippen LogP contribution in [0.5, 0.6) is 0 Å². The van der Waals surface area contributed by atoms with Crippen LogP contribution in [0.15, 0.2) is 35.3 Å². The Morgan fingerprint density at radius 2 is 1.06 bits per heavy atom. The number of primary amides is 1. The first-order valence-corrected chi connectivity index (χ1v) is 21.3. The van der Waals surface area contributed by atoms with Gasteiger partial charge >= 0.3 is 11.9 Å². The van der Waals surface area contributed by atoms with E-state index in [1.165, 1.54) is 0 Å². The summed E-state index contributed by atoms with van der Waals surface area (Å²) in [6, 6.07) is -5.46. The fourth-order valence-corrected chi connectivity index (χ4v) is 6.11. The Balaban J connectivity index is 3.24. The maximum Gasteiger partial charge on any atom is 0.326 e. The minimum atomic E-state index is -1.94. The molecule has 0 saturated carbocycles. The SMILES string of the molecule is C[C@@H](O)[C@H](NC(=O)[C@H](CC(N)=O)NC(=O)[C@H](CCCCN)NC(=O)[C@H](CO)NC(=O)[C@@H](NC(=O)[C@H](CC(=O)O)NC(=O)[C@@H](N)CCCN=C(N)N)[C@@H](C)O)C(=O)N[C@@H](Cc1ccccc1)C(=O)O. The molecular formula is C40H65N13O15. The molecular weight excluding hydrogens is 903 g/mol. The van der Waals surface area contributed by atoms with Gasteiger partial charge in [-0.3, -0.25) is 48.1 Å². The van der Waals surface area contributed by atoms with Crippen LogP contribution in [-0.4, -0.2) is 171 Å². The molecule has 0 spiro atoms. The van der Waals surface area contributed by atoms with E-state index in [1.807, 2.05) is 0 Å². The summed E-state index contributed by atoms with van der Waals surface area (Å²) >= 11 is 0. The first-order chi connectivity index (χ1) is 31.9. The van der Waals surface area contributed by atoms with Gasteiger partial charge in [0.25, 0.3) is 0 Å². The van der Waals surface area contributed by atoms with Gasteiger partial charge in [0.05, 0.1) is 37.7 Å². The highest BCUT2D eigenvalue weighted by Gasteiger charge is 2.37. The minimum absolute atomic E-state index is 0.0186. The van der Waals surface area contributed by atoms with Crippen molar-refractivity contribution in [2.75, 3.05) is 19.7 Å². The van der Waals surface area contributed by atoms with Crippen LogP contribution in [0.4, 0.5) is 0 Å². The van der Waals surface area contributed by atoms with Crippen LogP contribution in [0, 0.1) is 0 Å². The number of guanidine groups is 1. The standard InChI is InChI=1S/C40H65N13O15/c1-19(55)30(37(65)50-26(39(67)68)15-21-9-4-3-5-10-21)52-34(62)24(16-28(43)57)49-33(61)23(12-6-7-13-41)47-36(64)27(18-54)51-38(66)31(20(2)56)53-35(63)25(17-29(58)59)48-32(60)22(42)11-8-14-46-40(44)45/h3-5,9-10,19-20,22-27,30-31,54-56H,6-8,11-18,41-42H2,1-2H3,(H2,43,57)(H,47,64)(H,48,60)(H,49,61)(H,50,65)(H,51,66)(H,52,62)(H,53,63)(H,58,59)(H,67,68)(H4,44,45,46)/t19-,20-,22+,23+,24+,25+,26+,27+,30+,31+/m1/s1. The van der Waals surface area contributed by atoms with Crippen LogP contribution in [0.1, 0.15) is 64.4 Å². The Hall–Kier alpha value is -7.01. The molecule has 0 aliphatic heterocycles. The molecule has 0 saturated heterocycles. The number of aliphatic hydroxyl groups excluding tert-OH is 3. The lowest BCUT2D eigenvalue weighted by Crippen LogP contribution is -2.62. The van der Waals surface area contributed by atoms with Crippen molar-refractivity contribution in [3.05, 3.63) is 35.9 Å². The lowest BCUT2D eigenvalue weighted by Gasteiger charge is -2.28. The summed E-state index contributed by atoms with van der Waals surface area (Å²) in [5.41, 5.74) is 27.8. The molecule has 22 N–H and O–H groups in total. The van der Waals surface area contributed by atoms with E-state index < -0.39 is 139 Å². The number of hydrogen-bond acceptors (Lipinski definition) is 16. The molecule has 0 heterocycles. The predicted molar refractivity (Wildman–Crippen MR) is 239 cm³/mol. The highest BCUT2D eigenvalue weighted by Crippen LogP contribution is 2.08. The van der Waals surface area contributed by atoms with E-state index in [-0.39, 0.29) is 51.2 Å². The molecule has 1 aromatic rings. The van der Waals surface area contributed by atoms with Crippen LogP contribution >= 0.6 is 0 Å². The number of nitrogens with two attached hydrogens (primary N) is 5. The van der Waals surface area contributed by atoms with Gasteiger partial charge in [0.2, 0.25) is 47.3 Å². The summed E-state index contributed by atoms with van der Waals surface area (Å²) in [7, 11) is 0. The summed E-state index contributed by atoms with van der Waals surface area (Å²) in [5.74, 6) is -12.5. The number of carboxylic acid groups (broad SMARTS) is 2. The van der Waals surface area contributed by atoms with Gasteiger partial charge in [-0.05, 0) is 58.1 Å². The molecule has 28 nitrogen and oxygen atoms in total. The van der Waals surface area contributed by atoms with Crippen LogP contribution < -0.4 is 65.9 Å². The maximum atomic E-state index is 13.7. The molecule has 0 radical (unpaired) electrons. The number of carbonyl (C=O) groups excluding carboxylic acids is 8. The van der Waals surface area contributed by atoms with Gasteiger partial charge in [-0.15, -0.1) is 0 Å². The molecule has 0 unspecified atom stereocenters. The lowest BCUT2D eigenvalue weighted by atomic mass is 10.0. The van der Waals surface area contributed by atoms with Crippen molar-refractivity contribution >= 4 is 65.2 Å². The summed E-state index contributed by atoms with van der Waals surface area (Å²) in [5, 5.41) is 65.4. The summed E-state index contributed by atoms with van der Waals surface area (Å²) in [6.07, 6.45) is -4.90. The number of unbranched alkanes of at least 4 members (excludes halogenated alkanes) is 1. The van der Waals surface area contributed by atoms with Gasteiger partial charge in [-0.2, -0.15) is 0 Å². The van der Waals surface area contributed by atoms with Crippen molar-refractivity contribution in [2.24, 2.45) is 33.7 Å². The van der Waals surface area contributed by atoms with Crippen molar-refractivity contribution in [3.63, 3.8) is 0 Å². The number of nitrogens with one attached hydrogen (secondary N) is 7. The highest BCUT2D eigenvalue weighted by atomic mass is 16.4. The van der Waals surface area contributed by atoms with Crippen molar-refractivity contribution < 1.29 is 73.5 Å². The monoisotopic (exact) mass is 967 g/mol. The molecule has 68 heavy (non-hydrogen) atoms. The van der Waals surface area contributed by atoms with Gasteiger partial charge in [0, 0.05) is 13.0 Å². The molecule has 0 bridgehead atoms. The third-order valence-electron chi connectivity index (χ3n) is 9.77. The van der Waals surface area contributed by atoms with E-state index in [0.717, 1.165) is 13.8 Å². The third kappa shape index (κ3) is 22.0. The average molecular weight is 968 g/mol. The van der Waals surface area contributed by atoms with Crippen molar-refractivity contribution in [1.29, 1.82) is 0 Å². The topological polar surface area (TPSA) is 499 Å². The molecule has 1 aromatic carbocycles. The van der Waals surface area contributed by atoms with E-state index in [0.29, 0.717) is 12.0 Å². The van der Waals surface area contributed by atoms with E-state index in [9.17, 15) is 73.5 Å². The van der Waals surface area contributed by atoms with E-state index >= 15 is 0 Å². The number of rotatable bonds is 32. The molecule has 0 fully saturated rings. The van der Waals surface area contributed by atoms with Crippen LogP contribution in [0.2, 0.25) is 0 Å². The van der Waals surface area contributed by atoms with Gasteiger partial charge < -0.3 is 91.4 Å². The fourth-order valence-electron chi connectivity index (χ4n) is 6.11. The second kappa shape index (κ2) is 30.3. The number of amides is 8. The number of carboxylic acids is 2. The number of hydrogen-bond donors (Lipinski definition) is 17. The van der Waals surface area contributed by atoms with E-state index in [2.05, 4.69) is 42.2 Å². The number of aliphatic hydroxyl groups is 3. The normalized spacial score (nSPS) is 15.3. The smallest absolute Gasteiger partial charge is 0.326 e. The molecule has 380 valence electrons. The Morgan fingerprint density at radius 1 is 0.588 bits per heavy atom. The van der Waals surface area contributed by atoms with E-state index in [1.54, 1.807) is 30.3 Å². The fraction of sp³-hybridized carbons (Fsp3) is 0.575. The molecule has 28 heteroatoms. The van der Waals surface area contributed by atoms with Crippen LogP contribution in [0.25, 0.3) is 0 Å². The Kier molecular flexibility index (Phi) is 26.3. The molecule has 8 amide bonds. The summed E-state index contributed by atoms with van der Waals surface area (Å²) in [6.45, 7) is 1.26. The lowest BCUT2D eigenvalue weighted by molar-refractivity contribution is -0.143. The van der Waals surface area contributed by atoms with Gasteiger partial charge in [0.15, 0.2) is 5.96 Å². The van der Waals surface area contributed by atoms with Gasteiger partial charge in [-0.1, -0.05) is 30.3 Å².